The highest BCUT2D eigenvalue weighted by Crippen LogP contribution is 2.19. The van der Waals surface area contributed by atoms with Crippen molar-refractivity contribution in [2.24, 2.45) is 0 Å². The normalized spacial score (nSPS) is 14.4. The van der Waals surface area contributed by atoms with Crippen molar-refractivity contribution in [3.63, 3.8) is 0 Å². The Bertz CT molecular complexity index is 1040. The highest BCUT2D eigenvalue weighted by Gasteiger charge is 2.26. The van der Waals surface area contributed by atoms with Crippen LogP contribution in [0.1, 0.15) is 16.8 Å². The lowest BCUT2D eigenvalue weighted by Crippen LogP contribution is -2.42. The van der Waals surface area contributed by atoms with Gasteiger partial charge in [0, 0.05) is 18.7 Å². The maximum absolute atomic E-state index is 12.7. The Balaban J connectivity index is 1.49. The van der Waals surface area contributed by atoms with E-state index in [1.165, 1.54) is 28.6 Å². The number of nitrogens with zero attached hydrogens (tertiary/aromatic N) is 1. The van der Waals surface area contributed by atoms with Crippen LogP contribution >= 0.6 is 0 Å². The standard InChI is InChI=1S/C21H25N3O7S/c1-29-17-5-7-18(8-6-17)31-12-9-20(25)22-23-21(26)16-3-2-4-19(15-16)32(27,28)24-10-13-30-14-11-24/h2-8,15H,9-14H2,1H3,(H,22,25)(H,23,26). The van der Waals surface area contributed by atoms with Crippen LogP contribution in [0.5, 0.6) is 11.5 Å². The Labute approximate surface area is 186 Å². The molecule has 0 bridgehead atoms. The first-order valence-electron chi connectivity index (χ1n) is 9.94. The third-order valence-corrected chi connectivity index (χ3v) is 6.57. The summed E-state index contributed by atoms with van der Waals surface area (Å²) in [6.45, 7) is 1.28. The molecule has 0 radical (unpaired) electrons. The summed E-state index contributed by atoms with van der Waals surface area (Å²) in [5.41, 5.74) is 4.68. The molecule has 2 amide bonds. The van der Waals surface area contributed by atoms with Crippen LogP contribution in [0, 0.1) is 0 Å². The van der Waals surface area contributed by atoms with E-state index in [2.05, 4.69) is 10.9 Å². The number of methoxy groups -OCH3 is 1. The van der Waals surface area contributed by atoms with Crippen LogP contribution in [0.25, 0.3) is 0 Å². The first kappa shape index (κ1) is 23.5. The summed E-state index contributed by atoms with van der Waals surface area (Å²) in [7, 11) is -2.17. The van der Waals surface area contributed by atoms with E-state index >= 15 is 0 Å². The zero-order chi connectivity index (χ0) is 23.0. The molecule has 1 fully saturated rings. The van der Waals surface area contributed by atoms with Gasteiger partial charge in [-0.25, -0.2) is 8.42 Å². The minimum Gasteiger partial charge on any atom is -0.497 e. The quantitative estimate of drug-likeness (QED) is 0.559. The van der Waals surface area contributed by atoms with Gasteiger partial charge in [-0.3, -0.25) is 20.4 Å². The fourth-order valence-corrected chi connectivity index (χ4v) is 4.38. The van der Waals surface area contributed by atoms with Crippen molar-refractivity contribution < 1.29 is 32.2 Å². The van der Waals surface area contributed by atoms with Gasteiger partial charge in [-0.05, 0) is 42.5 Å². The van der Waals surface area contributed by atoms with Gasteiger partial charge in [0.25, 0.3) is 5.91 Å². The molecule has 172 valence electrons. The van der Waals surface area contributed by atoms with Crippen LogP contribution in [0.2, 0.25) is 0 Å². The van der Waals surface area contributed by atoms with Crippen molar-refractivity contribution in [2.45, 2.75) is 11.3 Å². The molecule has 0 unspecified atom stereocenters. The highest BCUT2D eigenvalue weighted by atomic mass is 32.2. The van der Waals surface area contributed by atoms with Crippen LogP contribution in [-0.4, -0.2) is 64.6 Å². The van der Waals surface area contributed by atoms with Crippen LogP contribution in [0.3, 0.4) is 0 Å². The summed E-state index contributed by atoms with van der Waals surface area (Å²) in [6.07, 6.45) is 0.0117. The maximum Gasteiger partial charge on any atom is 0.269 e. The number of hydrazine groups is 1. The Morgan fingerprint density at radius 2 is 1.72 bits per heavy atom. The minimum atomic E-state index is -3.73. The Morgan fingerprint density at radius 3 is 2.41 bits per heavy atom. The first-order valence-corrected chi connectivity index (χ1v) is 11.4. The molecule has 1 aliphatic rings. The Hall–Kier alpha value is -3.15. The van der Waals surface area contributed by atoms with Gasteiger partial charge in [0.15, 0.2) is 0 Å². The second-order valence-corrected chi connectivity index (χ2v) is 8.76. The van der Waals surface area contributed by atoms with E-state index in [0.29, 0.717) is 24.7 Å². The molecule has 0 aromatic heterocycles. The SMILES string of the molecule is COc1ccc(OCCC(=O)NNC(=O)c2cccc(S(=O)(=O)N3CCOCC3)c2)cc1. The zero-order valence-electron chi connectivity index (χ0n) is 17.6. The molecule has 0 aliphatic carbocycles. The average molecular weight is 464 g/mol. The molecule has 11 heteroatoms. The molecular weight excluding hydrogens is 438 g/mol. The van der Waals surface area contributed by atoms with E-state index in [-0.39, 0.29) is 36.6 Å². The van der Waals surface area contributed by atoms with Gasteiger partial charge in [-0.15, -0.1) is 0 Å². The highest BCUT2D eigenvalue weighted by molar-refractivity contribution is 7.89. The molecule has 3 rings (SSSR count). The summed E-state index contributed by atoms with van der Waals surface area (Å²) in [5.74, 6) is 0.193. The lowest BCUT2D eigenvalue weighted by atomic mass is 10.2. The number of sulfonamides is 1. The fourth-order valence-electron chi connectivity index (χ4n) is 2.93. The van der Waals surface area contributed by atoms with Crippen molar-refractivity contribution in [3.8, 4) is 11.5 Å². The smallest absolute Gasteiger partial charge is 0.269 e. The lowest BCUT2D eigenvalue weighted by molar-refractivity contribution is -0.122. The molecule has 2 N–H and O–H groups in total. The monoisotopic (exact) mass is 463 g/mol. The van der Waals surface area contributed by atoms with E-state index < -0.39 is 21.8 Å². The van der Waals surface area contributed by atoms with Crippen LogP contribution in [0.4, 0.5) is 0 Å². The summed E-state index contributed by atoms with van der Waals surface area (Å²) in [5, 5.41) is 0. The predicted molar refractivity (Wildman–Crippen MR) is 115 cm³/mol. The van der Waals surface area contributed by atoms with E-state index in [1.54, 1.807) is 31.4 Å². The molecule has 1 saturated heterocycles. The average Bonchev–Trinajstić information content (AvgIpc) is 2.83. The van der Waals surface area contributed by atoms with Crippen molar-refractivity contribution in [3.05, 3.63) is 54.1 Å². The third kappa shape index (κ3) is 6.19. The third-order valence-electron chi connectivity index (χ3n) is 4.68. The van der Waals surface area contributed by atoms with E-state index in [0.717, 1.165) is 0 Å². The zero-order valence-corrected chi connectivity index (χ0v) is 18.4. The number of benzene rings is 2. The van der Waals surface area contributed by atoms with Crippen molar-refractivity contribution in [1.29, 1.82) is 0 Å². The second kappa shape index (κ2) is 10.9. The van der Waals surface area contributed by atoms with Gasteiger partial charge in [0.1, 0.15) is 11.5 Å². The Kier molecular flexibility index (Phi) is 8.03. The molecular formula is C21H25N3O7S. The number of carbonyl (C=O) groups excluding carboxylic acids is 2. The van der Waals surface area contributed by atoms with Crippen LogP contribution in [0.15, 0.2) is 53.4 Å². The number of rotatable bonds is 8. The topological polar surface area (TPSA) is 123 Å². The predicted octanol–water partition coefficient (Wildman–Crippen LogP) is 0.946. The fraction of sp³-hybridized carbons (Fsp3) is 0.333. The lowest BCUT2D eigenvalue weighted by Gasteiger charge is -2.26. The number of ether oxygens (including phenoxy) is 3. The summed E-state index contributed by atoms with van der Waals surface area (Å²) >= 11 is 0. The molecule has 32 heavy (non-hydrogen) atoms. The van der Waals surface area contributed by atoms with Gasteiger partial charge < -0.3 is 14.2 Å². The van der Waals surface area contributed by atoms with Gasteiger partial charge in [0.2, 0.25) is 15.9 Å². The molecule has 0 atom stereocenters. The van der Waals surface area contributed by atoms with Crippen molar-refractivity contribution in [2.75, 3.05) is 40.0 Å². The molecule has 2 aromatic carbocycles. The summed E-state index contributed by atoms with van der Waals surface area (Å²) in [6, 6.07) is 12.6. The molecule has 0 saturated carbocycles. The first-order chi connectivity index (χ1) is 15.4. The molecule has 2 aromatic rings. The molecule has 10 nitrogen and oxygen atoms in total. The van der Waals surface area contributed by atoms with Crippen molar-refractivity contribution in [1.82, 2.24) is 15.2 Å². The number of amides is 2. The van der Waals surface area contributed by atoms with Gasteiger partial charge in [-0.1, -0.05) is 6.07 Å². The largest absolute Gasteiger partial charge is 0.497 e. The summed E-state index contributed by atoms with van der Waals surface area (Å²) < 4.78 is 42.5. The molecule has 0 spiro atoms. The summed E-state index contributed by atoms with van der Waals surface area (Å²) in [4.78, 5) is 24.3. The number of nitrogens with one attached hydrogen (secondary N) is 2. The van der Waals surface area contributed by atoms with E-state index in [1.807, 2.05) is 0 Å². The van der Waals surface area contributed by atoms with Gasteiger partial charge in [-0.2, -0.15) is 4.31 Å². The van der Waals surface area contributed by atoms with Crippen LogP contribution < -0.4 is 20.3 Å². The number of carbonyl (C=O) groups is 2. The van der Waals surface area contributed by atoms with Crippen LogP contribution in [-0.2, 0) is 19.6 Å². The van der Waals surface area contributed by atoms with E-state index in [9.17, 15) is 18.0 Å². The minimum absolute atomic E-state index is 0.00580. The second-order valence-electron chi connectivity index (χ2n) is 6.82. The molecule has 1 aliphatic heterocycles. The Morgan fingerprint density at radius 1 is 1.03 bits per heavy atom. The maximum atomic E-state index is 12.7. The van der Waals surface area contributed by atoms with Gasteiger partial charge >= 0.3 is 0 Å². The molecule has 1 heterocycles. The van der Waals surface area contributed by atoms with Crippen molar-refractivity contribution >= 4 is 21.8 Å². The van der Waals surface area contributed by atoms with E-state index in [4.69, 9.17) is 14.2 Å². The number of hydrogen-bond donors (Lipinski definition) is 2. The number of hydrogen-bond acceptors (Lipinski definition) is 7. The van der Waals surface area contributed by atoms with Gasteiger partial charge in [0.05, 0.1) is 38.2 Å². The number of morpholine rings is 1.